The molecule has 3 heteroatoms. The van der Waals surface area contributed by atoms with Crippen LogP contribution in [0.15, 0.2) is 0 Å². The van der Waals surface area contributed by atoms with E-state index in [0.29, 0.717) is 12.3 Å². The van der Waals surface area contributed by atoms with Crippen LogP contribution in [0, 0.1) is 5.92 Å². The summed E-state index contributed by atoms with van der Waals surface area (Å²) in [5, 5.41) is 2.37. The Morgan fingerprint density at radius 1 is 0.647 bits per heavy atom. The molecule has 34 heavy (non-hydrogen) atoms. The van der Waals surface area contributed by atoms with Crippen LogP contribution in [-0.2, 0) is 9.53 Å². The van der Waals surface area contributed by atoms with Crippen LogP contribution >= 0.6 is 0 Å². The zero-order chi connectivity index (χ0) is 24.7. The number of hydrogen-bond donors (Lipinski definition) is 1. The van der Waals surface area contributed by atoms with Crippen molar-refractivity contribution in [3.05, 3.63) is 0 Å². The number of hydrogen-bond acceptors (Lipinski definition) is 2. The molecule has 0 radical (unpaired) electrons. The molecule has 0 atom stereocenters. The summed E-state index contributed by atoms with van der Waals surface area (Å²) in [7, 11) is 0. The van der Waals surface area contributed by atoms with Crippen molar-refractivity contribution in [1.82, 2.24) is 0 Å². The second-order valence-corrected chi connectivity index (χ2v) is 11.7. The Morgan fingerprint density at radius 2 is 1.00 bits per heavy atom. The smallest absolute Gasteiger partial charge is 0.306 e. The largest absolute Gasteiger partial charge is 0.459 e. The highest BCUT2D eigenvalue weighted by molar-refractivity contribution is 5.69. The number of ether oxygens (including phenoxy) is 1. The van der Waals surface area contributed by atoms with Crippen LogP contribution in [0.2, 0.25) is 0 Å². The van der Waals surface area contributed by atoms with Crippen molar-refractivity contribution in [3.63, 3.8) is 0 Å². The molecule has 202 valence electrons. The van der Waals surface area contributed by atoms with E-state index in [2.05, 4.69) is 26.1 Å². The number of piperidine rings is 1. The van der Waals surface area contributed by atoms with Gasteiger partial charge in [-0.3, -0.25) is 4.79 Å². The average Bonchev–Trinajstić information content (AvgIpc) is 2.83. The highest BCUT2D eigenvalue weighted by Gasteiger charge is 2.35. The monoisotopic (exact) mass is 480 g/mol. The minimum absolute atomic E-state index is 0.0157. The van der Waals surface area contributed by atoms with Gasteiger partial charge in [-0.2, -0.15) is 0 Å². The van der Waals surface area contributed by atoms with E-state index in [0.717, 1.165) is 6.42 Å². The SMILES string of the molecule is CCCCCCCCCCCCCCCCCCCCCCC(=O)OC(C)(C)C1CC[NH2+]CC1. The van der Waals surface area contributed by atoms with Gasteiger partial charge in [-0.05, 0) is 20.3 Å². The highest BCUT2D eigenvalue weighted by Crippen LogP contribution is 2.28. The summed E-state index contributed by atoms with van der Waals surface area (Å²) in [6.45, 7) is 8.86. The molecule has 0 aliphatic carbocycles. The topological polar surface area (TPSA) is 42.9 Å². The van der Waals surface area contributed by atoms with Crippen molar-refractivity contribution >= 4 is 5.97 Å². The van der Waals surface area contributed by atoms with E-state index in [9.17, 15) is 4.79 Å². The lowest BCUT2D eigenvalue weighted by atomic mass is 9.83. The summed E-state index contributed by atoms with van der Waals surface area (Å²) in [4.78, 5) is 12.3. The molecule has 3 nitrogen and oxygen atoms in total. The molecule has 2 N–H and O–H groups in total. The first-order valence-corrected chi connectivity index (χ1v) is 15.6. The summed E-state index contributed by atoms with van der Waals surface area (Å²) in [6.07, 6.45) is 30.6. The third-order valence-electron chi connectivity index (χ3n) is 8.03. The van der Waals surface area contributed by atoms with Gasteiger partial charge in [0, 0.05) is 25.2 Å². The summed E-state index contributed by atoms with van der Waals surface area (Å²) >= 11 is 0. The number of nitrogens with two attached hydrogens (primary N) is 1. The number of rotatable bonds is 23. The van der Waals surface area contributed by atoms with Gasteiger partial charge in [-0.15, -0.1) is 0 Å². The molecule has 0 aromatic rings. The van der Waals surface area contributed by atoms with Crippen molar-refractivity contribution in [3.8, 4) is 0 Å². The molecule has 1 heterocycles. The third kappa shape index (κ3) is 17.8. The van der Waals surface area contributed by atoms with Gasteiger partial charge >= 0.3 is 5.97 Å². The Bertz CT molecular complexity index is 456. The van der Waals surface area contributed by atoms with Gasteiger partial charge in [0.05, 0.1) is 13.1 Å². The van der Waals surface area contributed by atoms with E-state index < -0.39 is 0 Å². The van der Waals surface area contributed by atoms with Gasteiger partial charge in [0.15, 0.2) is 0 Å². The normalized spacial score (nSPS) is 15.0. The number of unbranched alkanes of at least 4 members (excludes halogenated alkanes) is 19. The molecule has 0 saturated carbocycles. The summed E-state index contributed by atoms with van der Waals surface area (Å²) in [6, 6.07) is 0. The third-order valence-corrected chi connectivity index (χ3v) is 8.03. The first-order valence-electron chi connectivity index (χ1n) is 15.6. The molecule has 0 aromatic heterocycles. The lowest BCUT2D eigenvalue weighted by molar-refractivity contribution is -0.665. The van der Waals surface area contributed by atoms with Gasteiger partial charge in [0.25, 0.3) is 0 Å². The predicted octanol–water partition coefficient (Wildman–Crippen LogP) is 8.49. The first-order chi connectivity index (χ1) is 16.6. The zero-order valence-electron chi connectivity index (χ0n) is 23.6. The Morgan fingerprint density at radius 3 is 1.38 bits per heavy atom. The molecule has 1 rings (SSSR count). The quantitative estimate of drug-likeness (QED) is 0.118. The van der Waals surface area contributed by atoms with Crippen molar-refractivity contribution in [1.29, 1.82) is 0 Å². The van der Waals surface area contributed by atoms with Gasteiger partial charge in [0.1, 0.15) is 5.60 Å². The predicted molar refractivity (Wildman–Crippen MR) is 147 cm³/mol. The van der Waals surface area contributed by atoms with Crippen LogP contribution < -0.4 is 5.32 Å². The van der Waals surface area contributed by atoms with E-state index in [1.54, 1.807) is 0 Å². The molecule has 1 aliphatic rings. The first kappa shape index (κ1) is 31.5. The van der Waals surface area contributed by atoms with Crippen LogP contribution in [0.5, 0.6) is 0 Å². The number of carbonyl (C=O) groups excluding carboxylic acids is 1. The number of carbonyl (C=O) groups is 1. The van der Waals surface area contributed by atoms with Gasteiger partial charge in [0.2, 0.25) is 0 Å². The fourth-order valence-electron chi connectivity index (χ4n) is 5.57. The van der Waals surface area contributed by atoms with Crippen LogP contribution in [0.4, 0.5) is 0 Å². The Labute approximate surface area is 214 Å². The van der Waals surface area contributed by atoms with Gasteiger partial charge < -0.3 is 10.1 Å². The van der Waals surface area contributed by atoms with Gasteiger partial charge in [-0.25, -0.2) is 0 Å². The van der Waals surface area contributed by atoms with E-state index >= 15 is 0 Å². The molecular weight excluding hydrogens is 418 g/mol. The molecule has 0 bridgehead atoms. The van der Waals surface area contributed by atoms with Crippen molar-refractivity contribution < 1.29 is 14.8 Å². The second kappa shape index (κ2) is 21.7. The standard InChI is InChI=1S/C31H61NO2/c1-4-5-6-7-8-9-10-11-12-13-14-15-16-17-18-19-20-21-22-23-24-30(33)34-31(2,3)29-25-27-32-28-26-29/h29,32H,4-28H2,1-3H3/p+1. The van der Waals surface area contributed by atoms with Crippen LogP contribution in [0.1, 0.15) is 168 Å². The lowest BCUT2D eigenvalue weighted by Crippen LogP contribution is -2.86. The Balaban J connectivity index is 1.78. The highest BCUT2D eigenvalue weighted by atomic mass is 16.6. The van der Waals surface area contributed by atoms with E-state index in [4.69, 9.17) is 4.74 Å². The fourth-order valence-corrected chi connectivity index (χ4v) is 5.57. The molecule has 1 aliphatic heterocycles. The molecular formula is C31H62NO2+. The van der Waals surface area contributed by atoms with Crippen molar-refractivity contribution in [2.75, 3.05) is 13.1 Å². The molecule has 1 saturated heterocycles. The van der Waals surface area contributed by atoms with Crippen LogP contribution in [0.25, 0.3) is 0 Å². The van der Waals surface area contributed by atoms with E-state index in [1.807, 2.05) is 0 Å². The summed E-state index contributed by atoms with van der Waals surface area (Å²) in [5.41, 5.74) is -0.293. The Hall–Kier alpha value is -0.570. The summed E-state index contributed by atoms with van der Waals surface area (Å²) < 4.78 is 5.87. The van der Waals surface area contributed by atoms with Crippen molar-refractivity contribution in [2.24, 2.45) is 5.92 Å². The Kier molecular flexibility index (Phi) is 20.1. The molecule has 0 spiro atoms. The second-order valence-electron chi connectivity index (χ2n) is 11.7. The van der Waals surface area contributed by atoms with Crippen LogP contribution in [-0.4, -0.2) is 24.7 Å². The summed E-state index contributed by atoms with van der Waals surface area (Å²) in [5.74, 6) is 0.540. The fraction of sp³-hybridized carbons (Fsp3) is 0.968. The number of esters is 1. The van der Waals surface area contributed by atoms with Gasteiger partial charge in [-0.1, -0.05) is 129 Å². The molecule has 0 aromatic carbocycles. The molecule has 0 amide bonds. The molecule has 1 fully saturated rings. The maximum Gasteiger partial charge on any atom is 0.306 e. The maximum atomic E-state index is 12.3. The van der Waals surface area contributed by atoms with Crippen LogP contribution in [0.3, 0.4) is 0 Å². The zero-order valence-corrected chi connectivity index (χ0v) is 23.6. The molecule has 0 unspecified atom stereocenters. The lowest BCUT2D eigenvalue weighted by Gasteiger charge is -2.35. The maximum absolute atomic E-state index is 12.3. The van der Waals surface area contributed by atoms with E-state index in [1.165, 1.54) is 148 Å². The van der Waals surface area contributed by atoms with E-state index in [-0.39, 0.29) is 11.6 Å². The minimum Gasteiger partial charge on any atom is -0.459 e. The van der Waals surface area contributed by atoms with Crippen molar-refractivity contribution in [2.45, 2.75) is 174 Å². The average molecular weight is 481 g/mol. The minimum atomic E-state index is -0.293. The number of quaternary nitrogens is 1.